The molecule has 16 heavy (non-hydrogen) atoms. The molecule has 1 rings (SSSR count). The van der Waals surface area contributed by atoms with Crippen molar-refractivity contribution in [3.63, 3.8) is 0 Å². The van der Waals surface area contributed by atoms with Crippen molar-refractivity contribution in [2.75, 3.05) is 30.8 Å². The summed E-state index contributed by atoms with van der Waals surface area (Å²) in [5.41, 5.74) is 7.49. The molecule has 5 heteroatoms. The first kappa shape index (κ1) is 12.8. The molecule has 1 aromatic rings. The number of anilines is 2. The summed E-state index contributed by atoms with van der Waals surface area (Å²) in [4.78, 5) is 0. The molecule has 3 N–H and O–H groups in total. The van der Waals surface area contributed by atoms with Crippen LogP contribution < -0.4 is 11.1 Å². The monoisotopic (exact) mass is 226 g/mol. The maximum Gasteiger partial charge on any atom is 0.147 e. The van der Waals surface area contributed by atoms with Crippen molar-refractivity contribution < 1.29 is 4.74 Å². The number of hydrogen-bond donors (Lipinski definition) is 2. The molecule has 1 heterocycles. The fourth-order valence-electron chi connectivity index (χ4n) is 1.51. The summed E-state index contributed by atoms with van der Waals surface area (Å²) in [6, 6.07) is 0. The molecule has 0 fully saturated rings. The highest BCUT2D eigenvalue weighted by Crippen LogP contribution is 2.20. The number of nitrogens with two attached hydrogens (primary N) is 1. The third-order valence-electron chi connectivity index (χ3n) is 2.37. The number of aryl methyl sites for hydroxylation is 2. The number of hydrogen-bond acceptors (Lipinski definition) is 4. The largest absolute Gasteiger partial charge is 0.394 e. The van der Waals surface area contributed by atoms with Crippen molar-refractivity contribution in [3.05, 3.63) is 5.69 Å². The maximum atomic E-state index is 5.89. The van der Waals surface area contributed by atoms with E-state index >= 15 is 0 Å². The molecule has 0 saturated heterocycles. The molecule has 0 amide bonds. The quantitative estimate of drug-likeness (QED) is 0.692. The zero-order valence-corrected chi connectivity index (χ0v) is 10.4. The minimum absolute atomic E-state index is 0.733. The zero-order valence-electron chi connectivity index (χ0n) is 10.4. The van der Waals surface area contributed by atoms with Crippen LogP contribution in [0.4, 0.5) is 11.5 Å². The second-order valence-electron chi connectivity index (χ2n) is 3.86. The van der Waals surface area contributed by atoms with Gasteiger partial charge >= 0.3 is 0 Å². The van der Waals surface area contributed by atoms with Crippen LogP contribution in [0.15, 0.2) is 0 Å². The third kappa shape index (κ3) is 3.41. The van der Waals surface area contributed by atoms with Gasteiger partial charge in [-0.25, -0.2) is 0 Å². The number of aromatic nitrogens is 2. The highest BCUT2D eigenvalue weighted by Gasteiger charge is 2.08. The highest BCUT2D eigenvalue weighted by molar-refractivity contribution is 5.64. The lowest BCUT2D eigenvalue weighted by Gasteiger charge is -2.07. The molecule has 5 nitrogen and oxygen atoms in total. The summed E-state index contributed by atoms with van der Waals surface area (Å²) >= 11 is 0. The second kappa shape index (κ2) is 6.37. The first-order valence-electron chi connectivity index (χ1n) is 5.77. The number of nitrogens with one attached hydrogen (secondary N) is 1. The Hall–Kier alpha value is -1.23. The van der Waals surface area contributed by atoms with Gasteiger partial charge in [0.15, 0.2) is 0 Å². The Morgan fingerprint density at radius 3 is 2.75 bits per heavy atom. The van der Waals surface area contributed by atoms with Crippen LogP contribution in [-0.4, -0.2) is 29.5 Å². The minimum Gasteiger partial charge on any atom is -0.394 e. The molecule has 0 radical (unpaired) electrons. The van der Waals surface area contributed by atoms with Gasteiger partial charge in [-0.05, 0) is 19.8 Å². The summed E-state index contributed by atoms with van der Waals surface area (Å²) in [6.45, 7) is 6.50. The van der Waals surface area contributed by atoms with Crippen molar-refractivity contribution in [2.45, 2.75) is 26.7 Å². The first-order valence-corrected chi connectivity index (χ1v) is 5.77. The van der Waals surface area contributed by atoms with E-state index in [-0.39, 0.29) is 0 Å². The van der Waals surface area contributed by atoms with E-state index in [9.17, 15) is 0 Å². The van der Waals surface area contributed by atoms with E-state index in [0.29, 0.717) is 0 Å². The van der Waals surface area contributed by atoms with Gasteiger partial charge in [0.2, 0.25) is 0 Å². The average molecular weight is 226 g/mol. The standard InChI is InChI=1S/C11H22N4O/c1-4-7-16-8-5-6-13-11-10(12)9(2)14-15(11)3/h13H,4-8,12H2,1-3H3. The maximum absolute atomic E-state index is 5.89. The zero-order chi connectivity index (χ0) is 12.0. The first-order chi connectivity index (χ1) is 7.66. The summed E-state index contributed by atoms with van der Waals surface area (Å²) in [6.07, 6.45) is 2.05. The summed E-state index contributed by atoms with van der Waals surface area (Å²) < 4.78 is 7.17. The van der Waals surface area contributed by atoms with E-state index in [1.54, 1.807) is 4.68 Å². The van der Waals surface area contributed by atoms with Gasteiger partial charge in [0.1, 0.15) is 5.82 Å². The molecule has 0 aromatic carbocycles. The molecule has 0 aliphatic rings. The Kier molecular flexibility index (Phi) is 5.11. The lowest BCUT2D eigenvalue weighted by atomic mass is 10.3. The van der Waals surface area contributed by atoms with Crippen molar-refractivity contribution in [2.24, 2.45) is 7.05 Å². The molecule has 0 saturated carbocycles. The predicted molar refractivity (Wildman–Crippen MR) is 66.6 cm³/mol. The lowest BCUT2D eigenvalue weighted by Crippen LogP contribution is -2.10. The third-order valence-corrected chi connectivity index (χ3v) is 2.37. The van der Waals surface area contributed by atoms with Crippen LogP contribution in [0.3, 0.4) is 0 Å². The van der Waals surface area contributed by atoms with Crippen LogP contribution in [0.5, 0.6) is 0 Å². The van der Waals surface area contributed by atoms with Crippen molar-refractivity contribution >= 4 is 11.5 Å². The number of rotatable bonds is 7. The predicted octanol–water partition coefficient (Wildman–Crippen LogP) is 1.54. The molecule has 0 spiro atoms. The van der Waals surface area contributed by atoms with E-state index < -0.39 is 0 Å². The van der Waals surface area contributed by atoms with E-state index in [1.807, 2.05) is 14.0 Å². The Balaban J connectivity index is 2.26. The molecule has 0 unspecified atom stereocenters. The van der Waals surface area contributed by atoms with Crippen LogP contribution in [-0.2, 0) is 11.8 Å². The summed E-state index contributed by atoms with van der Waals surface area (Å²) in [5, 5.41) is 7.51. The molecule has 0 atom stereocenters. The lowest BCUT2D eigenvalue weighted by molar-refractivity contribution is 0.134. The van der Waals surface area contributed by atoms with E-state index in [4.69, 9.17) is 10.5 Å². The Morgan fingerprint density at radius 1 is 1.44 bits per heavy atom. The van der Waals surface area contributed by atoms with E-state index in [2.05, 4.69) is 17.3 Å². The number of nitrogen functional groups attached to an aromatic ring is 1. The molecule has 0 bridgehead atoms. The molecular weight excluding hydrogens is 204 g/mol. The van der Waals surface area contributed by atoms with Gasteiger partial charge < -0.3 is 15.8 Å². The van der Waals surface area contributed by atoms with Crippen molar-refractivity contribution in [1.29, 1.82) is 0 Å². The van der Waals surface area contributed by atoms with Gasteiger partial charge in [-0.15, -0.1) is 0 Å². The van der Waals surface area contributed by atoms with Crippen molar-refractivity contribution in [3.8, 4) is 0 Å². The van der Waals surface area contributed by atoms with Gasteiger partial charge in [0.25, 0.3) is 0 Å². The van der Waals surface area contributed by atoms with Crippen LogP contribution in [0.2, 0.25) is 0 Å². The van der Waals surface area contributed by atoms with Gasteiger partial charge in [-0.2, -0.15) is 5.10 Å². The van der Waals surface area contributed by atoms with E-state index in [0.717, 1.165) is 49.8 Å². The molecule has 92 valence electrons. The normalized spacial score (nSPS) is 10.7. The van der Waals surface area contributed by atoms with Crippen LogP contribution >= 0.6 is 0 Å². The van der Waals surface area contributed by atoms with Gasteiger partial charge in [0.05, 0.1) is 11.4 Å². The van der Waals surface area contributed by atoms with Gasteiger partial charge in [-0.1, -0.05) is 6.92 Å². The van der Waals surface area contributed by atoms with Crippen molar-refractivity contribution in [1.82, 2.24) is 9.78 Å². The minimum atomic E-state index is 0.733. The molecule has 1 aromatic heterocycles. The van der Waals surface area contributed by atoms with E-state index in [1.165, 1.54) is 0 Å². The van der Waals surface area contributed by atoms with Gasteiger partial charge in [0, 0.05) is 26.8 Å². The van der Waals surface area contributed by atoms with Gasteiger partial charge in [-0.3, -0.25) is 4.68 Å². The molecule has 0 aliphatic heterocycles. The van der Waals surface area contributed by atoms with Crippen LogP contribution in [0, 0.1) is 6.92 Å². The average Bonchev–Trinajstić information content (AvgIpc) is 2.49. The van der Waals surface area contributed by atoms with Crippen LogP contribution in [0.1, 0.15) is 25.5 Å². The molecule has 0 aliphatic carbocycles. The number of ether oxygens (including phenoxy) is 1. The number of nitrogens with zero attached hydrogens (tertiary/aromatic N) is 2. The summed E-state index contributed by atoms with van der Waals surface area (Å²) in [5.74, 6) is 0.896. The Labute approximate surface area is 97.0 Å². The Morgan fingerprint density at radius 2 is 2.19 bits per heavy atom. The fourth-order valence-corrected chi connectivity index (χ4v) is 1.51. The highest BCUT2D eigenvalue weighted by atomic mass is 16.5. The van der Waals surface area contributed by atoms with Crippen LogP contribution in [0.25, 0.3) is 0 Å². The fraction of sp³-hybridized carbons (Fsp3) is 0.727. The molecular formula is C11H22N4O. The summed E-state index contributed by atoms with van der Waals surface area (Å²) in [7, 11) is 1.89. The smallest absolute Gasteiger partial charge is 0.147 e. The topological polar surface area (TPSA) is 65.1 Å². The second-order valence-corrected chi connectivity index (χ2v) is 3.86. The SMILES string of the molecule is CCCOCCCNc1c(N)c(C)nn1C. The Bertz CT molecular complexity index is 322.